The van der Waals surface area contributed by atoms with Gasteiger partial charge in [-0.05, 0) is 73.5 Å². The van der Waals surface area contributed by atoms with Gasteiger partial charge in [0.1, 0.15) is 5.82 Å². The molecule has 0 radical (unpaired) electrons. The number of hydrogen-bond acceptors (Lipinski definition) is 9. The lowest BCUT2D eigenvalue weighted by atomic mass is 10.0. The van der Waals surface area contributed by atoms with E-state index >= 15 is 0 Å². The lowest BCUT2D eigenvalue weighted by molar-refractivity contribution is 0.0517. The molecule has 1 aliphatic heterocycles. The van der Waals surface area contributed by atoms with Crippen molar-refractivity contribution in [3.63, 3.8) is 0 Å². The van der Waals surface area contributed by atoms with E-state index in [-0.39, 0.29) is 11.9 Å². The van der Waals surface area contributed by atoms with Gasteiger partial charge in [-0.3, -0.25) is 4.90 Å². The summed E-state index contributed by atoms with van der Waals surface area (Å²) in [6, 6.07) is 28.1. The molecule has 0 unspecified atom stereocenters. The molecule has 0 saturated carbocycles. The smallest absolute Gasteiger partial charge is 0.338 e. The summed E-state index contributed by atoms with van der Waals surface area (Å²) < 4.78 is 12.6. The number of fused-ring (bicyclic) bond motifs is 1. The van der Waals surface area contributed by atoms with Crippen molar-refractivity contribution < 1.29 is 19.1 Å². The SMILES string of the molecule is CCOC(=O)c1ccc(N2CCN(CCn3c(-c4ccc(-c5ccc(N(C)C)cc5)cc4)nc4cc(C(=O)OCC)ccc43)CC2)c(N)c1. The van der Waals surface area contributed by atoms with Crippen LogP contribution in [0.3, 0.4) is 0 Å². The van der Waals surface area contributed by atoms with Crippen molar-refractivity contribution in [3.05, 3.63) is 96.1 Å². The quantitative estimate of drug-likeness (QED) is 0.131. The fraction of sp³-hybridized carbons (Fsp3) is 0.308. The number of aromatic nitrogens is 2. The minimum atomic E-state index is -0.361. The van der Waals surface area contributed by atoms with Gasteiger partial charge in [0.25, 0.3) is 0 Å². The van der Waals surface area contributed by atoms with Crippen LogP contribution >= 0.6 is 0 Å². The number of imidazole rings is 1. The summed E-state index contributed by atoms with van der Waals surface area (Å²) in [5.74, 6) is 0.151. The molecule has 2 heterocycles. The Morgan fingerprint density at radius 1 is 0.735 bits per heavy atom. The predicted octanol–water partition coefficient (Wildman–Crippen LogP) is 6.19. The summed E-state index contributed by atoms with van der Waals surface area (Å²) in [4.78, 5) is 36.5. The molecule has 4 aromatic carbocycles. The Labute approximate surface area is 287 Å². The second kappa shape index (κ2) is 14.8. The van der Waals surface area contributed by atoms with Crippen LogP contribution in [0, 0.1) is 0 Å². The van der Waals surface area contributed by atoms with Crippen LogP contribution in [-0.4, -0.2) is 86.4 Å². The van der Waals surface area contributed by atoms with Gasteiger partial charge in [0.05, 0.1) is 46.7 Å². The van der Waals surface area contributed by atoms with Crippen LogP contribution in [0.25, 0.3) is 33.5 Å². The number of carbonyl (C=O) groups excluding carboxylic acids is 2. The standard InChI is InChI=1S/C39H44N6O4/c1-5-48-38(46)30-13-17-35(33(40)25-30)44-22-19-43(20-23-44)21-24-45-36-18-14-31(39(47)49-6-2)26-34(36)41-37(45)29-9-7-27(8-10-29)28-11-15-32(16-12-28)42(3)4/h7-18,25-26H,5-6,19-24,40H2,1-4H3. The van der Waals surface area contributed by atoms with Gasteiger partial charge in [-0.25, -0.2) is 14.6 Å². The number of hydrogen-bond donors (Lipinski definition) is 1. The van der Waals surface area contributed by atoms with Gasteiger partial charge in [0.15, 0.2) is 0 Å². The highest BCUT2D eigenvalue weighted by Gasteiger charge is 2.22. The maximum atomic E-state index is 12.5. The minimum absolute atomic E-state index is 0.319. The average Bonchev–Trinajstić information content (AvgIpc) is 3.49. The molecule has 254 valence electrons. The third-order valence-corrected chi connectivity index (χ3v) is 9.01. The number of carbonyl (C=O) groups is 2. The molecule has 10 heteroatoms. The first-order valence-corrected chi connectivity index (χ1v) is 16.8. The molecule has 1 aromatic heterocycles. The Morgan fingerprint density at radius 2 is 1.31 bits per heavy atom. The van der Waals surface area contributed by atoms with Crippen LogP contribution in [0.2, 0.25) is 0 Å². The molecule has 0 atom stereocenters. The van der Waals surface area contributed by atoms with Gasteiger partial charge in [-0.15, -0.1) is 0 Å². The first kappa shape index (κ1) is 33.5. The molecule has 1 fully saturated rings. The Bertz CT molecular complexity index is 1930. The Morgan fingerprint density at radius 3 is 1.90 bits per heavy atom. The van der Waals surface area contributed by atoms with Crippen LogP contribution in [-0.2, 0) is 16.0 Å². The first-order valence-electron chi connectivity index (χ1n) is 16.8. The highest BCUT2D eigenvalue weighted by atomic mass is 16.5. The molecular weight excluding hydrogens is 616 g/mol. The summed E-state index contributed by atoms with van der Waals surface area (Å²) in [5.41, 5.74) is 15.0. The topological polar surface area (TPSA) is 106 Å². The van der Waals surface area contributed by atoms with Crippen molar-refractivity contribution in [2.24, 2.45) is 0 Å². The lowest BCUT2D eigenvalue weighted by Gasteiger charge is -2.36. The predicted molar refractivity (Wildman–Crippen MR) is 196 cm³/mol. The van der Waals surface area contributed by atoms with E-state index in [1.807, 2.05) is 38.4 Å². The van der Waals surface area contributed by atoms with Gasteiger partial charge in [0, 0.05) is 64.6 Å². The molecule has 0 aliphatic carbocycles. The summed E-state index contributed by atoms with van der Waals surface area (Å²) in [5, 5.41) is 0. The van der Waals surface area contributed by atoms with Crippen molar-refractivity contribution in [3.8, 4) is 22.5 Å². The molecule has 0 spiro atoms. The molecule has 2 N–H and O–H groups in total. The van der Waals surface area contributed by atoms with Gasteiger partial charge in [0.2, 0.25) is 0 Å². The van der Waals surface area contributed by atoms with E-state index in [0.29, 0.717) is 30.0 Å². The molecule has 0 amide bonds. The number of esters is 2. The van der Waals surface area contributed by atoms with Crippen LogP contribution in [0.4, 0.5) is 17.1 Å². The molecule has 1 aliphatic rings. The summed E-state index contributed by atoms with van der Waals surface area (Å²) in [6.07, 6.45) is 0. The van der Waals surface area contributed by atoms with Crippen molar-refractivity contribution in [1.29, 1.82) is 0 Å². The van der Waals surface area contributed by atoms with E-state index in [2.05, 4.69) is 67.8 Å². The number of rotatable bonds is 11. The largest absolute Gasteiger partial charge is 0.462 e. The van der Waals surface area contributed by atoms with Gasteiger partial charge < -0.3 is 29.6 Å². The molecule has 0 bridgehead atoms. The zero-order chi connectivity index (χ0) is 34.5. The zero-order valence-corrected chi connectivity index (χ0v) is 28.7. The van der Waals surface area contributed by atoms with E-state index in [1.54, 1.807) is 26.0 Å². The minimum Gasteiger partial charge on any atom is -0.462 e. The zero-order valence-electron chi connectivity index (χ0n) is 28.7. The van der Waals surface area contributed by atoms with Crippen molar-refractivity contribution >= 4 is 40.0 Å². The van der Waals surface area contributed by atoms with E-state index in [4.69, 9.17) is 20.2 Å². The monoisotopic (exact) mass is 660 g/mol. The van der Waals surface area contributed by atoms with Gasteiger partial charge in [-0.1, -0.05) is 36.4 Å². The maximum absolute atomic E-state index is 12.5. The number of nitrogen functional groups attached to an aromatic ring is 1. The Balaban J connectivity index is 1.20. The van der Waals surface area contributed by atoms with E-state index in [1.165, 1.54) is 0 Å². The number of ether oxygens (including phenoxy) is 2. The maximum Gasteiger partial charge on any atom is 0.338 e. The van der Waals surface area contributed by atoms with E-state index in [0.717, 1.165) is 84.2 Å². The highest BCUT2D eigenvalue weighted by Crippen LogP contribution is 2.30. The summed E-state index contributed by atoms with van der Waals surface area (Å²) in [7, 11) is 4.08. The fourth-order valence-electron chi connectivity index (χ4n) is 6.32. The molecular formula is C39H44N6O4. The molecule has 10 nitrogen and oxygen atoms in total. The normalized spacial score (nSPS) is 13.4. The summed E-state index contributed by atoms with van der Waals surface area (Å²) in [6.45, 7) is 9.18. The van der Waals surface area contributed by atoms with Crippen LogP contribution in [0.1, 0.15) is 34.6 Å². The van der Waals surface area contributed by atoms with Gasteiger partial charge in [-0.2, -0.15) is 0 Å². The number of nitrogens with two attached hydrogens (primary N) is 1. The molecule has 1 saturated heterocycles. The second-order valence-electron chi connectivity index (χ2n) is 12.4. The molecule has 5 aromatic rings. The third kappa shape index (κ3) is 7.39. The molecule has 49 heavy (non-hydrogen) atoms. The lowest BCUT2D eigenvalue weighted by Crippen LogP contribution is -2.47. The highest BCUT2D eigenvalue weighted by molar-refractivity contribution is 5.94. The third-order valence-electron chi connectivity index (χ3n) is 9.01. The number of anilines is 3. The van der Waals surface area contributed by atoms with Crippen molar-refractivity contribution in [1.82, 2.24) is 14.5 Å². The molecule has 6 rings (SSSR count). The first-order chi connectivity index (χ1) is 23.7. The van der Waals surface area contributed by atoms with Crippen LogP contribution in [0.5, 0.6) is 0 Å². The number of nitrogens with zero attached hydrogens (tertiary/aromatic N) is 5. The van der Waals surface area contributed by atoms with E-state index < -0.39 is 0 Å². The second-order valence-corrected chi connectivity index (χ2v) is 12.4. The van der Waals surface area contributed by atoms with Crippen LogP contribution in [0.15, 0.2) is 84.9 Å². The Kier molecular flexibility index (Phi) is 10.1. The Hall–Kier alpha value is -5.35. The van der Waals surface area contributed by atoms with Crippen LogP contribution < -0.4 is 15.5 Å². The van der Waals surface area contributed by atoms with Gasteiger partial charge >= 0.3 is 11.9 Å². The number of piperazine rings is 1. The number of benzene rings is 4. The average molecular weight is 661 g/mol. The summed E-state index contributed by atoms with van der Waals surface area (Å²) >= 11 is 0. The van der Waals surface area contributed by atoms with E-state index in [9.17, 15) is 9.59 Å². The van der Waals surface area contributed by atoms with Crippen molar-refractivity contribution in [2.45, 2.75) is 20.4 Å². The fourth-order valence-corrected chi connectivity index (χ4v) is 6.32. The van der Waals surface area contributed by atoms with Crippen molar-refractivity contribution in [2.75, 3.05) is 75.6 Å².